The number of benzene rings is 1. The minimum atomic E-state index is -1.37. The largest absolute Gasteiger partial charge is 0.609 e. The fraction of sp³-hybridized carbons (Fsp3) is 0.586. The SMILES string of the molecule is C[S+]([O-])c1nc2c(c(N3CCN(C(=O)OC(C)(C)C)[C@@H](CC#N)C3)n1)CC[C@]1(CCc3c(F)cccc3C1)C2. The molecule has 0 N–H and O–H groups in total. The van der Waals surface area contributed by atoms with Gasteiger partial charge in [-0.2, -0.15) is 15.2 Å². The van der Waals surface area contributed by atoms with E-state index >= 15 is 0 Å². The molecule has 2 aliphatic carbocycles. The van der Waals surface area contributed by atoms with Crippen molar-refractivity contribution in [1.82, 2.24) is 14.9 Å². The molecule has 1 aliphatic heterocycles. The Morgan fingerprint density at radius 3 is 2.67 bits per heavy atom. The molecule has 1 aromatic heterocycles. The van der Waals surface area contributed by atoms with Gasteiger partial charge >= 0.3 is 11.2 Å². The first-order valence-electron chi connectivity index (χ1n) is 13.6. The molecule has 0 radical (unpaired) electrons. The van der Waals surface area contributed by atoms with Crippen LogP contribution in [0.4, 0.5) is 15.0 Å². The molecule has 8 nitrogen and oxygen atoms in total. The van der Waals surface area contributed by atoms with E-state index in [1.807, 2.05) is 26.8 Å². The molecule has 208 valence electrons. The third-order valence-electron chi connectivity index (χ3n) is 8.18. The van der Waals surface area contributed by atoms with Crippen LogP contribution in [0.25, 0.3) is 0 Å². The summed E-state index contributed by atoms with van der Waals surface area (Å²) in [7, 11) is 0. The smallest absolute Gasteiger partial charge is 0.410 e. The fourth-order valence-corrected chi connectivity index (χ4v) is 6.76. The first-order chi connectivity index (χ1) is 18.5. The number of amides is 1. The highest BCUT2D eigenvalue weighted by Gasteiger charge is 2.42. The topological polar surface area (TPSA) is 105 Å². The molecule has 1 aromatic carbocycles. The number of halogens is 1. The van der Waals surface area contributed by atoms with Gasteiger partial charge in [-0.05, 0) is 81.9 Å². The van der Waals surface area contributed by atoms with Crippen LogP contribution in [0, 0.1) is 22.6 Å². The van der Waals surface area contributed by atoms with Crippen molar-refractivity contribution in [2.24, 2.45) is 5.41 Å². The van der Waals surface area contributed by atoms with Gasteiger partial charge < -0.3 is 19.1 Å². The summed E-state index contributed by atoms with van der Waals surface area (Å²) in [5.41, 5.74) is 3.25. The Bertz CT molecular complexity index is 1310. The maximum atomic E-state index is 14.4. The Morgan fingerprint density at radius 1 is 1.23 bits per heavy atom. The molecule has 5 rings (SSSR count). The van der Waals surface area contributed by atoms with E-state index in [4.69, 9.17) is 14.7 Å². The van der Waals surface area contributed by atoms with Crippen LogP contribution in [0.5, 0.6) is 0 Å². The lowest BCUT2D eigenvalue weighted by atomic mass is 9.63. The molecular formula is C29H36FN5O3S. The number of piperazine rings is 1. The van der Waals surface area contributed by atoms with Gasteiger partial charge in [-0.15, -0.1) is 0 Å². The number of rotatable bonds is 3. The van der Waals surface area contributed by atoms with E-state index in [9.17, 15) is 19.0 Å². The van der Waals surface area contributed by atoms with Gasteiger partial charge in [0.1, 0.15) is 23.5 Å². The fourth-order valence-electron chi connectivity index (χ4n) is 6.31. The molecule has 3 atom stereocenters. The Kier molecular flexibility index (Phi) is 7.51. The van der Waals surface area contributed by atoms with E-state index in [-0.39, 0.29) is 23.7 Å². The van der Waals surface area contributed by atoms with Gasteiger partial charge in [-0.1, -0.05) is 12.1 Å². The number of ether oxygens (including phenoxy) is 1. The standard InChI is InChI=1S/C29H36FN5O3S/c1-28(2,3)38-27(36)35-15-14-34(18-20(35)10-13-31)25-22-9-12-29(17-24(22)32-26(33-25)39(4)37)11-8-21-19(16-29)6-5-7-23(21)30/h5-7,20H,8-12,14-18H2,1-4H3/t20-,29-,39?/m0/s1. The summed E-state index contributed by atoms with van der Waals surface area (Å²) in [6, 6.07) is 7.23. The highest BCUT2D eigenvalue weighted by atomic mass is 32.2. The van der Waals surface area contributed by atoms with Gasteiger partial charge in [0.2, 0.25) is 0 Å². The summed E-state index contributed by atoms with van der Waals surface area (Å²) in [5.74, 6) is 0.637. The van der Waals surface area contributed by atoms with Gasteiger partial charge in [0.05, 0.1) is 24.2 Å². The molecule has 2 aromatic rings. The number of hydrogen-bond donors (Lipinski definition) is 0. The highest BCUT2D eigenvalue weighted by molar-refractivity contribution is 7.90. The number of hydrogen-bond acceptors (Lipinski definition) is 7. The summed E-state index contributed by atoms with van der Waals surface area (Å²) in [6.45, 7) is 6.84. The van der Waals surface area contributed by atoms with Crippen LogP contribution in [0.1, 0.15) is 62.4 Å². The van der Waals surface area contributed by atoms with Crippen LogP contribution >= 0.6 is 0 Å². The number of carbonyl (C=O) groups is 1. The molecule has 3 aliphatic rings. The lowest BCUT2D eigenvalue weighted by Crippen LogP contribution is -2.56. The van der Waals surface area contributed by atoms with Gasteiger partial charge in [-0.25, -0.2) is 9.18 Å². The number of nitriles is 1. The first kappa shape index (κ1) is 27.7. The first-order valence-corrected chi connectivity index (χ1v) is 15.2. The van der Waals surface area contributed by atoms with Gasteiger partial charge in [0, 0.05) is 36.4 Å². The quantitative estimate of drug-likeness (QED) is 0.411. The van der Waals surface area contributed by atoms with E-state index in [0.29, 0.717) is 31.2 Å². The molecule has 39 heavy (non-hydrogen) atoms. The minimum absolute atomic E-state index is 0.00925. The van der Waals surface area contributed by atoms with Crippen LogP contribution in [-0.4, -0.2) is 63.0 Å². The second-order valence-electron chi connectivity index (χ2n) is 12.1. The molecular weight excluding hydrogens is 517 g/mol. The summed E-state index contributed by atoms with van der Waals surface area (Å²) in [4.78, 5) is 26.2. The van der Waals surface area contributed by atoms with Crippen molar-refractivity contribution in [3.8, 4) is 6.07 Å². The van der Waals surface area contributed by atoms with Crippen LogP contribution in [0.3, 0.4) is 0 Å². The number of fused-ring (bicyclic) bond motifs is 2. The Balaban J connectivity index is 1.43. The van der Waals surface area contributed by atoms with Crippen molar-refractivity contribution in [3.05, 3.63) is 46.4 Å². The zero-order chi connectivity index (χ0) is 27.9. The van der Waals surface area contributed by atoms with E-state index in [2.05, 4.69) is 11.0 Å². The van der Waals surface area contributed by atoms with Crippen LogP contribution in [-0.2, 0) is 41.6 Å². The average molecular weight is 554 g/mol. The molecule has 10 heteroatoms. The number of carbonyl (C=O) groups excluding carboxylic acids is 1. The van der Waals surface area contributed by atoms with Crippen molar-refractivity contribution in [2.75, 3.05) is 30.8 Å². The van der Waals surface area contributed by atoms with Crippen LogP contribution in [0.2, 0.25) is 0 Å². The van der Waals surface area contributed by atoms with Gasteiger partial charge in [-0.3, -0.25) is 0 Å². The number of aromatic nitrogens is 2. The Morgan fingerprint density at radius 2 is 1.97 bits per heavy atom. The lowest BCUT2D eigenvalue weighted by Gasteiger charge is -2.44. The second-order valence-corrected chi connectivity index (χ2v) is 13.3. The van der Waals surface area contributed by atoms with E-state index in [0.717, 1.165) is 60.3 Å². The Hall–Kier alpha value is -2.90. The summed E-state index contributed by atoms with van der Waals surface area (Å²) < 4.78 is 32.6. The molecule has 1 saturated heterocycles. The summed E-state index contributed by atoms with van der Waals surface area (Å²) in [5, 5.41) is 9.81. The molecule has 1 unspecified atom stereocenters. The van der Waals surface area contributed by atoms with Crippen molar-refractivity contribution in [2.45, 2.75) is 82.5 Å². The normalized spacial score (nSPS) is 23.6. The number of nitrogens with zero attached hydrogens (tertiary/aromatic N) is 5. The molecule has 0 saturated carbocycles. The van der Waals surface area contributed by atoms with Crippen molar-refractivity contribution < 1.29 is 18.5 Å². The monoisotopic (exact) mass is 553 g/mol. The molecule has 1 fully saturated rings. The summed E-state index contributed by atoms with van der Waals surface area (Å²) >= 11 is -1.37. The molecule has 1 amide bonds. The highest BCUT2D eigenvalue weighted by Crippen LogP contribution is 2.47. The number of anilines is 1. The van der Waals surface area contributed by atoms with Crippen LogP contribution < -0.4 is 4.90 Å². The van der Waals surface area contributed by atoms with Crippen molar-refractivity contribution in [3.63, 3.8) is 0 Å². The maximum Gasteiger partial charge on any atom is 0.410 e. The predicted octanol–water partition coefficient (Wildman–Crippen LogP) is 4.36. The van der Waals surface area contributed by atoms with Gasteiger partial charge in [0.25, 0.3) is 0 Å². The van der Waals surface area contributed by atoms with E-state index < -0.39 is 22.9 Å². The zero-order valence-electron chi connectivity index (χ0n) is 23.1. The third-order valence-corrected chi connectivity index (χ3v) is 8.88. The molecule has 0 bridgehead atoms. The zero-order valence-corrected chi connectivity index (χ0v) is 23.9. The Labute approximate surface area is 232 Å². The van der Waals surface area contributed by atoms with Crippen molar-refractivity contribution >= 4 is 23.1 Å². The summed E-state index contributed by atoms with van der Waals surface area (Å²) in [6.07, 6.45) is 6.21. The minimum Gasteiger partial charge on any atom is -0.609 e. The average Bonchev–Trinajstić information content (AvgIpc) is 2.87. The van der Waals surface area contributed by atoms with Crippen molar-refractivity contribution in [1.29, 1.82) is 5.26 Å². The third kappa shape index (κ3) is 5.71. The lowest BCUT2D eigenvalue weighted by molar-refractivity contribution is 0.0144. The van der Waals surface area contributed by atoms with Gasteiger partial charge in [0.15, 0.2) is 0 Å². The maximum absolute atomic E-state index is 14.4. The molecule has 1 spiro atoms. The molecule has 2 heterocycles. The van der Waals surface area contributed by atoms with E-state index in [1.54, 1.807) is 17.2 Å². The second kappa shape index (κ2) is 10.6. The predicted molar refractivity (Wildman–Crippen MR) is 146 cm³/mol. The van der Waals surface area contributed by atoms with Crippen LogP contribution in [0.15, 0.2) is 23.4 Å². The van der Waals surface area contributed by atoms with E-state index in [1.165, 1.54) is 6.07 Å².